The zero-order valence-corrected chi connectivity index (χ0v) is 14.4. The van der Waals surface area contributed by atoms with Crippen molar-refractivity contribution in [3.63, 3.8) is 0 Å². The molecule has 23 heavy (non-hydrogen) atoms. The second kappa shape index (κ2) is 14.7. The summed E-state index contributed by atoms with van der Waals surface area (Å²) < 4.78 is 0. The van der Waals surface area contributed by atoms with E-state index in [0.717, 1.165) is 12.8 Å². The Morgan fingerprint density at radius 3 is 2.04 bits per heavy atom. The van der Waals surface area contributed by atoms with Crippen LogP contribution >= 0.6 is 0 Å². The van der Waals surface area contributed by atoms with E-state index in [9.17, 15) is 20.1 Å². The third-order valence-corrected chi connectivity index (χ3v) is 3.88. The number of hydrogen-bond donors (Lipinski definition) is 4. The zero-order valence-electron chi connectivity index (χ0n) is 14.4. The number of carboxylic acid groups (broad SMARTS) is 1. The van der Waals surface area contributed by atoms with E-state index in [1.165, 1.54) is 19.3 Å². The first-order valence-corrected chi connectivity index (χ1v) is 8.90. The second-order valence-electron chi connectivity index (χ2n) is 6.24. The van der Waals surface area contributed by atoms with Crippen molar-refractivity contribution >= 4 is 5.97 Å². The van der Waals surface area contributed by atoms with Crippen LogP contribution in [0.1, 0.15) is 77.6 Å². The molecule has 0 aliphatic carbocycles. The van der Waals surface area contributed by atoms with Gasteiger partial charge in [-0.3, -0.25) is 4.79 Å². The van der Waals surface area contributed by atoms with Crippen molar-refractivity contribution in [2.45, 2.75) is 95.9 Å². The lowest BCUT2D eigenvalue weighted by atomic mass is 10.0. The Morgan fingerprint density at radius 1 is 0.826 bits per heavy atom. The van der Waals surface area contributed by atoms with Gasteiger partial charge < -0.3 is 20.4 Å². The molecule has 0 saturated heterocycles. The van der Waals surface area contributed by atoms with Crippen molar-refractivity contribution in [2.24, 2.45) is 0 Å². The largest absolute Gasteiger partial charge is 0.481 e. The van der Waals surface area contributed by atoms with Gasteiger partial charge in [0.05, 0.1) is 18.3 Å². The Morgan fingerprint density at radius 2 is 1.43 bits per heavy atom. The molecule has 0 saturated carbocycles. The highest BCUT2D eigenvalue weighted by molar-refractivity contribution is 5.66. The van der Waals surface area contributed by atoms with E-state index in [-0.39, 0.29) is 6.42 Å². The minimum Gasteiger partial charge on any atom is -0.481 e. The molecular formula is C18H34O5. The molecule has 0 aromatic rings. The van der Waals surface area contributed by atoms with Crippen LogP contribution in [-0.2, 0) is 4.79 Å². The molecule has 0 aliphatic rings. The molecule has 0 aromatic carbocycles. The summed E-state index contributed by atoms with van der Waals surface area (Å²) in [5.74, 6) is -0.858. The minimum atomic E-state index is -0.858. The van der Waals surface area contributed by atoms with Crippen molar-refractivity contribution in [1.82, 2.24) is 0 Å². The standard InChI is InChI=1S/C18H34O5/c1-2-3-4-5-6-8-15(19)11-13-17(21)14-12-16(20)9-7-10-18(22)23/h11,13,15-17,19-21H,2-10,12,14H2,1H3,(H,22,23)/b13-11-/t15-,16+,17-/m0/s1. The lowest BCUT2D eigenvalue weighted by Crippen LogP contribution is -2.13. The quantitative estimate of drug-likeness (QED) is 0.273. The minimum absolute atomic E-state index is 0.0595. The maximum absolute atomic E-state index is 10.4. The van der Waals surface area contributed by atoms with Crippen molar-refractivity contribution in [3.8, 4) is 0 Å². The van der Waals surface area contributed by atoms with Gasteiger partial charge in [-0.2, -0.15) is 0 Å². The predicted octanol–water partition coefficient (Wildman–Crippen LogP) is 3.02. The topological polar surface area (TPSA) is 98.0 Å². The normalized spacial score (nSPS) is 15.7. The summed E-state index contributed by atoms with van der Waals surface area (Å²) in [5.41, 5.74) is 0. The van der Waals surface area contributed by atoms with Gasteiger partial charge in [-0.05, 0) is 32.1 Å². The van der Waals surface area contributed by atoms with Crippen molar-refractivity contribution in [2.75, 3.05) is 0 Å². The van der Waals surface area contributed by atoms with Crippen molar-refractivity contribution < 1.29 is 25.2 Å². The van der Waals surface area contributed by atoms with Gasteiger partial charge >= 0.3 is 5.97 Å². The summed E-state index contributed by atoms with van der Waals surface area (Å²) in [6, 6.07) is 0. The first kappa shape index (κ1) is 22.1. The third kappa shape index (κ3) is 15.8. The Balaban J connectivity index is 3.69. The fourth-order valence-corrected chi connectivity index (χ4v) is 2.40. The van der Waals surface area contributed by atoms with Crippen LogP contribution in [0.3, 0.4) is 0 Å². The molecule has 0 aliphatic heterocycles. The van der Waals surface area contributed by atoms with Gasteiger partial charge in [0.25, 0.3) is 0 Å². The molecule has 0 heterocycles. The number of aliphatic hydroxyl groups excluding tert-OH is 3. The summed E-state index contributed by atoms with van der Waals surface area (Å²) in [6.07, 6.45) is 9.68. The van der Waals surface area contributed by atoms with Crippen LogP contribution < -0.4 is 0 Å². The highest BCUT2D eigenvalue weighted by Gasteiger charge is 2.09. The molecule has 0 spiro atoms. The number of carbonyl (C=O) groups is 1. The molecule has 0 rings (SSSR count). The summed E-state index contributed by atoms with van der Waals surface area (Å²) >= 11 is 0. The zero-order chi connectivity index (χ0) is 17.5. The average Bonchev–Trinajstić information content (AvgIpc) is 2.50. The smallest absolute Gasteiger partial charge is 0.303 e. The van der Waals surface area contributed by atoms with E-state index in [4.69, 9.17) is 5.11 Å². The van der Waals surface area contributed by atoms with Gasteiger partial charge in [0.2, 0.25) is 0 Å². The maximum Gasteiger partial charge on any atom is 0.303 e. The first-order valence-electron chi connectivity index (χ1n) is 8.90. The summed E-state index contributed by atoms with van der Waals surface area (Å²) in [5, 5.41) is 37.8. The average molecular weight is 330 g/mol. The van der Waals surface area contributed by atoms with Gasteiger partial charge in [0.1, 0.15) is 0 Å². The molecule has 0 bridgehead atoms. The summed E-state index contributed by atoms with van der Waals surface area (Å²) in [7, 11) is 0. The third-order valence-electron chi connectivity index (χ3n) is 3.88. The van der Waals surface area contributed by atoms with E-state index in [0.29, 0.717) is 32.1 Å². The molecule has 5 nitrogen and oxygen atoms in total. The molecule has 0 unspecified atom stereocenters. The number of rotatable bonds is 15. The number of aliphatic hydroxyl groups is 3. The molecule has 136 valence electrons. The van der Waals surface area contributed by atoms with Gasteiger partial charge in [-0.25, -0.2) is 0 Å². The molecule has 5 heteroatoms. The SMILES string of the molecule is CCCCCCC[C@H](O)/C=C\[C@H](O)CC[C@H](O)CCCC(=O)O. The second-order valence-corrected chi connectivity index (χ2v) is 6.24. The number of aliphatic carboxylic acids is 1. The van der Waals surface area contributed by atoms with Crippen LogP contribution in [0.25, 0.3) is 0 Å². The first-order chi connectivity index (χ1) is 11.0. The fraction of sp³-hybridized carbons (Fsp3) is 0.833. The van der Waals surface area contributed by atoms with Crippen LogP contribution in [-0.4, -0.2) is 44.7 Å². The van der Waals surface area contributed by atoms with E-state index < -0.39 is 24.3 Å². The van der Waals surface area contributed by atoms with Crippen molar-refractivity contribution in [1.29, 1.82) is 0 Å². The Bertz CT molecular complexity index is 317. The fourth-order valence-electron chi connectivity index (χ4n) is 2.40. The molecule has 0 fully saturated rings. The highest BCUT2D eigenvalue weighted by atomic mass is 16.4. The Labute approximate surface area is 140 Å². The monoisotopic (exact) mass is 330 g/mol. The van der Waals surface area contributed by atoms with E-state index in [1.54, 1.807) is 12.2 Å². The Kier molecular flexibility index (Phi) is 14.1. The maximum atomic E-state index is 10.4. The van der Waals surface area contributed by atoms with Gasteiger partial charge in [0, 0.05) is 6.42 Å². The van der Waals surface area contributed by atoms with Crippen LogP contribution in [0.5, 0.6) is 0 Å². The molecular weight excluding hydrogens is 296 g/mol. The van der Waals surface area contributed by atoms with Crippen molar-refractivity contribution in [3.05, 3.63) is 12.2 Å². The molecule has 4 N–H and O–H groups in total. The number of unbranched alkanes of at least 4 members (excludes halogenated alkanes) is 4. The number of carboxylic acids is 1. The van der Waals surface area contributed by atoms with Gasteiger partial charge in [-0.15, -0.1) is 0 Å². The van der Waals surface area contributed by atoms with E-state index in [1.807, 2.05) is 0 Å². The molecule has 0 radical (unpaired) electrons. The molecule has 0 aromatic heterocycles. The molecule has 0 amide bonds. The van der Waals surface area contributed by atoms with Gasteiger partial charge in [-0.1, -0.05) is 51.2 Å². The number of hydrogen-bond acceptors (Lipinski definition) is 4. The lowest BCUT2D eigenvalue weighted by molar-refractivity contribution is -0.137. The molecule has 3 atom stereocenters. The van der Waals surface area contributed by atoms with Crippen LogP contribution in [0, 0.1) is 0 Å². The van der Waals surface area contributed by atoms with E-state index >= 15 is 0 Å². The van der Waals surface area contributed by atoms with Crippen LogP contribution in [0.4, 0.5) is 0 Å². The summed E-state index contributed by atoms with van der Waals surface area (Å²) in [4.78, 5) is 10.4. The highest BCUT2D eigenvalue weighted by Crippen LogP contribution is 2.11. The van der Waals surface area contributed by atoms with Crippen LogP contribution in [0.15, 0.2) is 12.2 Å². The lowest BCUT2D eigenvalue weighted by Gasteiger charge is -2.12. The predicted molar refractivity (Wildman–Crippen MR) is 91.3 cm³/mol. The summed E-state index contributed by atoms with van der Waals surface area (Å²) in [6.45, 7) is 2.17. The Hall–Kier alpha value is -0.910. The van der Waals surface area contributed by atoms with Crippen LogP contribution in [0.2, 0.25) is 0 Å². The van der Waals surface area contributed by atoms with Gasteiger partial charge in [0.15, 0.2) is 0 Å². The van der Waals surface area contributed by atoms with E-state index in [2.05, 4.69) is 6.92 Å².